The van der Waals surface area contributed by atoms with Crippen LogP contribution in [-0.2, 0) is 16.6 Å². The molecule has 1 heterocycles. The summed E-state index contributed by atoms with van der Waals surface area (Å²) in [4.78, 5) is 0.180. The van der Waals surface area contributed by atoms with Crippen LogP contribution in [0.4, 0.5) is 10.2 Å². The average Bonchev–Trinajstić information content (AvgIpc) is 3.01. The highest BCUT2D eigenvalue weighted by molar-refractivity contribution is 9.10. The third-order valence-corrected chi connectivity index (χ3v) is 6.51. The molecule has 2 aromatic carbocycles. The van der Waals surface area contributed by atoms with Gasteiger partial charge in [-0.15, -0.1) is 0 Å². The minimum Gasteiger partial charge on any atom is -0.265 e. The molecule has 0 aliphatic heterocycles. The van der Waals surface area contributed by atoms with Gasteiger partial charge in [0.05, 0.1) is 15.9 Å². The Balaban J connectivity index is 1.77. The van der Waals surface area contributed by atoms with E-state index < -0.39 is 10.0 Å². The van der Waals surface area contributed by atoms with Crippen LogP contribution in [0, 0.1) is 5.82 Å². The molecule has 0 saturated carbocycles. The van der Waals surface area contributed by atoms with Gasteiger partial charge in [0.15, 0.2) is 5.82 Å². The number of nitrogens with one attached hydrogen (secondary N) is 1. The highest BCUT2D eigenvalue weighted by Crippen LogP contribution is 2.25. The van der Waals surface area contributed by atoms with Gasteiger partial charge in [0.25, 0.3) is 10.0 Å². The van der Waals surface area contributed by atoms with Crippen LogP contribution in [-0.4, -0.2) is 18.2 Å². The second-order valence-electron chi connectivity index (χ2n) is 6.63. The molecule has 0 aliphatic rings. The first kappa shape index (κ1) is 20.5. The van der Waals surface area contributed by atoms with Crippen molar-refractivity contribution in [2.75, 3.05) is 4.72 Å². The van der Waals surface area contributed by atoms with E-state index in [2.05, 4.69) is 39.6 Å². The predicted molar refractivity (Wildman–Crippen MR) is 111 cm³/mol. The van der Waals surface area contributed by atoms with Gasteiger partial charge in [-0.25, -0.2) is 12.8 Å². The summed E-state index contributed by atoms with van der Waals surface area (Å²) >= 11 is 3.34. The minimum absolute atomic E-state index is 0.180. The fourth-order valence-corrected chi connectivity index (χ4v) is 4.29. The standard InChI is InChI=1S/C20H21BrFN3O2S/c1-3-14(2)16-6-10-18(11-7-16)28(26,27)24-20-19(21)13-25(23-20)12-15-4-8-17(22)9-5-15/h4-11,13-14H,3,12H2,1-2H3,(H,23,24). The Morgan fingerprint density at radius 3 is 2.39 bits per heavy atom. The molecule has 1 atom stereocenters. The summed E-state index contributed by atoms with van der Waals surface area (Å²) in [6, 6.07) is 13.0. The quantitative estimate of drug-likeness (QED) is 0.524. The lowest BCUT2D eigenvalue weighted by Crippen LogP contribution is -2.14. The predicted octanol–water partition coefficient (Wildman–Crippen LogP) is 5.15. The van der Waals surface area contributed by atoms with Gasteiger partial charge in [-0.1, -0.05) is 38.1 Å². The zero-order valence-corrected chi connectivity index (χ0v) is 18.0. The van der Waals surface area contributed by atoms with Gasteiger partial charge < -0.3 is 0 Å². The molecule has 148 valence electrons. The molecule has 0 aliphatic carbocycles. The fourth-order valence-electron chi connectivity index (χ4n) is 2.72. The fraction of sp³-hybridized carbons (Fsp3) is 0.250. The lowest BCUT2D eigenvalue weighted by molar-refractivity contribution is 0.600. The number of hydrogen-bond donors (Lipinski definition) is 1. The molecule has 1 unspecified atom stereocenters. The molecule has 0 amide bonds. The first-order valence-electron chi connectivity index (χ1n) is 8.88. The first-order valence-corrected chi connectivity index (χ1v) is 11.2. The number of halogens is 2. The van der Waals surface area contributed by atoms with Crippen LogP contribution in [0.15, 0.2) is 64.1 Å². The van der Waals surface area contributed by atoms with Gasteiger partial charge in [-0.3, -0.25) is 9.40 Å². The van der Waals surface area contributed by atoms with Crippen LogP contribution >= 0.6 is 15.9 Å². The molecule has 0 fully saturated rings. The second kappa shape index (κ2) is 8.45. The lowest BCUT2D eigenvalue weighted by Gasteiger charge is -2.10. The maximum absolute atomic E-state index is 13.0. The minimum atomic E-state index is -3.76. The zero-order valence-electron chi connectivity index (χ0n) is 15.6. The summed E-state index contributed by atoms with van der Waals surface area (Å²) < 4.78 is 43.0. The van der Waals surface area contributed by atoms with E-state index in [0.717, 1.165) is 17.5 Å². The van der Waals surface area contributed by atoms with Crippen molar-refractivity contribution >= 4 is 31.8 Å². The molecule has 8 heteroatoms. The van der Waals surface area contributed by atoms with Gasteiger partial charge in [-0.05, 0) is 63.7 Å². The molecule has 0 spiro atoms. The number of sulfonamides is 1. The highest BCUT2D eigenvalue weighted by Gasteiger charge is 2.18. The molecule has 1 aromatic heterocycles. The molecule has 28 heavy (non-hydrogen) atoms. The van der Waals surface area contributed by atoms with E-state index in [1.807, 2.05) is 12.1 Å². The number of aromatic nitrogens is 2. The van der Waals surface area contributed by atoms with Crippen LogP contribution in [0.1, 0.15) is 37.3 Å². The Bertz CT molecular complexity index is 1050. The third-order valence-electron chi connectivity index (χ3n) is 4.58. The number of hydrogen-bond acceptors (Lipinski definition) is 3. The second-order valence-corrected chi connectivity index (χ2v) is 9.17. The molecule has 0 saturated heterocycles. The monoisotopic (exact) mass is 465 g/mol. The molecule has 5 nitrogen and oxygen atoms in total. The molecule has 3 rings (SSSR count). The van der Waals surface area contributed by atoms with E-state index in [1.165, 1.54) is 12.1 Å². The number of rotatable bonds is 7. The Labute approximate surface area is 172 Å². The number of nitrogens with zero attached hydrogens (tertiary/aromatic N) is 2. The SMILES string of the molecule is CCC(C)c1ccc(S(=O)(=O)Nc2nn(Cc3ccc(F)cc3)cc2Br)cc1. The first-order chi connectivity index (χ1) is 13.3. The average molecular weight is 466 g/mol. The molecular formula is C20H21BrFN3O2S. The van der Waals surface area contributed by atoms with E-state index in [9.17, 15) is 12.8 Å². The van der Waals surface area contributed by atoms with E-state index in [0.29, 0.717) is 16.9 Å². The molecule has 3 aromatic rings. The summed E-state index contributed by atoms with van der Waals surface area (Å²) in [6.45, 7) is 4.59. The maximum atomic E-state index is 13.0. The normalized spacial score (nSPS) is 12.7. The summed E-state index contributed by atoms with van der Waals surface area (Å²) in [5.41, 5.74) is 1.96. The van der Waals surface area contributed by atoms with Crippen molar-refractivity contribution in [1.29, 1.82) is 0 Å². The topological polar surface area (TPSA) is 64.0 Å². The van der Waals surface area contributed by atoms with Gasteiger partial charge in [0.2, 0.25) is 0 Å². The van der Waals surface area contributed by atoms with Crippen LogP contribution < -0.4 is 4.72 Å². The zero-order chi connectivity index (χ0) is 20.3. The van der Waals surface area contributed by atoms with Crippen molar-refractivity contribution in [2.24, 2.45) is 0 Å². The third kappa shape index (κ3) is 4.80. The Morgan fingerprint density at radius 2 is 1.79 bits per heavy atom. The summed E-state index contributed by atoms with van der Waals surface area (Å²) in [6.07, 6.45) is 2.66. The van der Waals surface area contributed by atoms with Crippen LogP contribution in [0.2, 0.25) is 0 Å². The van der Waals surface area contributed by atoms with Gasteiger partial charge in [0.1, 0.15) is 5.82 Å². The largest absolute Gasteiger partial charge is 0.265 e. The van der Waals surface area contributed by atoms with Crippen LogP contribution in [0.25, 0.3) is 0 Å². The molecule has 0 bridgehead atoms. The van der Waals surface area contributed by atoms with E-state index in [-0.39, 0.29) is 16.5 Å². The van der Waals surface area contributed by atoms with Crippen molar-refractivity contribution in [2.45, 2.75) is 37.6 Å². The molecule has 1 N–H and O–H groups in total. The summed E-state index contributed by atoms with van der Waals surface area (Å²) in [5, 5.41) is 4.28. The maximum Gasteiger partial charge on any atom is 0.263 e. The van der Waals surface area contributed by atoms with Crippen molar-refractivity contribution in [3.63, 3.8) is 0 Å². The van der Waals surface area contributed by atoms with Crippen molar-refractivity contribution < 1.29 is 12.8 Å². The van der Waals surface area contributed by atoms with Gasteiger partial charge in [0, 0.05) is 6.20 Å². The summed E-state index contributed by atoms with van der Waals surface area (Å²) in [7, 11) is -3.76. The van der Waals surface area contributed by atoms with Crippen molar-refractivity contribution in [1.82, 2.24) is 9.78 Å². The highest BCUT2D eigenvalue weighted by atomic mass is 79.9. The van der Waals surface area contributed by atoms with Crippen LogP contribution in [0.5, 0.6) is 0 Å². The van der Waals surface area contributed by atoms with E-state index >= 15 is 0 Å². The Morgan fingerprint density at radius 1 is 1.14 bits per heavy atom. The van der Waals surface area contributed by atoms with Gasteiger partial charge >= 0.3 is 0 Å². The Hall–Kier alpha value is -2.19. The Kier molecular flexibility index (Phi) is 6.20. The summed E-state index contributed by atoms with van der Waals surface area (Å²) in [5.74, 6) is 0.271. The van der Waals surface area contributed by atoms with Gasteiger partial charge in [-0.2, -0.15) is 5.10 Å². The lowest BCUT2D eigenvalue weighted by atomic mass is 9.99. The van der Waals surface area contributed by atoms with Crippen LogP contribution in [0.3, 0.4) is 0 Å². The molecular weight excluding hydrogens is 445 g/mol. The van der Waals surface area contributed by atoms with E-state index in [1.54, 1.807) is 35.1 Å². The van der Waals surface area contributed by atoms with Crippen molar-refractivity contribution in [3.8, 4) is 0 Å². The molecule has 0 radical (unpaired) electrons. The van der Waals surface area contributed by atoms with Crippen molar-refractivity contribution in [3.05, 3.63) is 76.1 Å². The number of anilines is 1. The van der Waals surface area contributed by atoms with E-state index in [4.69, 9.17) is 0 Å². The number of benzene rings is 2. The smallest absolute Gasteiger partial charge is 0.263 e.